The molecule has 1 aromatic rings. The molecule has 1 aromatic carbocycles. The van der Waals surface area contributed by atoms with Crippen molar-refractivity contribution in [1.82, 2.24) is 0 Å². The summed E-state index contributed by atoms with van der Waals surface area (Å²) in [5.74, 6) is 0.203. The number of hydrogen-bond donors (Lipinski definition) is 2. The average molecular weight is 307 g/mol. The highest BCUT2D eigenvalue weighted by atomic mass is 32.2. The molecule has 0 aliphatic carbocycles. The summed E-state index contributed by atoms with van der Waals surface area (Å²) >= 11 is 1.63. The fourth-order valence-electron chi connectivity index (χ4n) is 3.16. The van der Waals surface area contributed by atoms with Crippen LogP contribution in [0.4, 0.5) is 5.69 Å². The molecule has 116 valence electrons. The van der Waals surface area contributed by atoms with E-state index in [2.05, 4.69) is 29.1 Å². The van der Waals surface area contributed by atoms with Crippen molar-refractivity contribution in [3.05, 3.63) is 23.8 Å². The molecule has 4 nitrogen and oxygen atoms in total. The highest BCUT2D eigenvalue weighted by Gasteiger charge is 2.24. The van der Waals surface area contributed by atoms with Gasteiger partial charge in [-0.1, -0.05) is 31.0 Å². The Morgan fingerprint density at radius 1 is 1.43 bits per heavy atom. The van der Waals surface area contributed by atoms with Gasteiger partial charge in [0.05, 0.1) is 5.56 Å². The first-order chi connectivity index (χ1) is 10.2. The van der Waals surface area contributed by atoms with Crippen molar-refractivity contribution in [1.29, 1.82) is 0 Å². The predicted octanol–water partition coefficient (Wildman–Crippen LogP) is 3.66. The third-order valence-corrected chi connectivity index (χ3v) is 5.03. The van der Waals surface area contributed by atoms with Gasteiger partial charge in [0.2, 0.25) is 0 Å². The van der Waals surface area contributed by atoms with Crippen LogP contribution < -0.4 is 10.6 Å². The Morgan fingerprint density at radius 3 is 2.90 bits per heavy atom. The van der Waals surface area contributed by atoms with Crippen molar-refractivity contribution in [3.8, 4) is 0 Å². The minimum absolute atomic E-state index is 0.203. The number of thioether (sulfide) groups is 1. The van der Waals surface area contributed by atoms with Gasteiger partial charge in [0, 0.05) is 23.2 Å². The maximum Gasteiger partial charge on any atom is 0.173 e. The van der Waals surface area contributed by atoms with Crippen molar-refractivity contribution in [2.24, 2.45) is 10.9 Å². The molecule has 2 rings (SSSR count). The Labute approximate surface area is 131 Å². The predicted molar refractivity (Wildman–Crippen MR) is 90.6 cm³/mol. The molecule has 1 aliphatic heterocycles. The van der Waals surface area contributed by atoms with E-state index in [1.807, 2.05) is 12.3 Å². The largest absolute Gasteiger partial charge is 0.409 e. The molecule has 1 unspecified atom stereocenters. The highest BCUT2D eigenvalue weighted by Crippen LogP contribution is 2.33. The van der Waals surface area contributed by atoms with Crippen LogP contribution in [-0.4, -0.2) is 29.9 Å². The first kappa shape index (κ1) is 16.0. The third-order valence-electron chi connectivity index (χ3n) is 4.25. The van der Waals surface area contributed by atoms with E-state index in [4.69, 9.17) is 10.9 Å². The van der Waals surface area contributed by atoms with Crippen LogP contribution in [0.1, 0.15) is 44.6 Å². The van der Waals surface area contributed by atoms with E-state index in [-0.39, 0.29) is 5.84 Å². The van der Waals surface area contributed by atoms with Crippen LogP contribution in [0.25, 0.3) is 0 Å². The lowest BCUT2D eigenvalue weighted by Gasteiger charge is -2.33. The van der Waals surface area contributed by atoms with E-state index in [9.17, 15) is 0 Å². The maximum atomic E-state index is 9.14. The Balaban J connectivity index is 2.50. The number of nitrogens with zero attached hydrogens (tertiary/aromatic N) is 2. The van der Waals surface area contributed by atoms with Crippen LogP contribution in [0.5, 0.6) is 0 Å². The van der Waals surface area contributed by atoms with Crippen molar-refractivity contribution >= 4 is 23.3 Å². The number of nitrogens with two attached hydrogens (primary N) is 1. The lowest BCUT2D eigenvalue weighted by molar-refractivity contribution is 0.318. The molecule has 0 saturated carbocycles. The van der Waals surface area contributed by atoms with Crippen LogP contribution in [0.15, 0.2) is 28.3 Å². The number of benzene rings is 1. The second-order valence-electron chi connectivity index (χ2n) is 5.44. The van der Waals surface area contributed by atoms with Gasteiger partial charge in [0.1, 0.15) is 0 Å². The molecule has 0 radical (unpaired) electrons. The lowest BCUT2D eigenvalue weighted by Crippen LogP contribution is -2.36. The summed E-state index contributed by atoms with van der Waals surface area (Å²) in [7, 11) is 0. The van der Waals surface area contributed by atoms with E-state index >= 15 is 0 Å². The number of amidine groups is 1. The Morgan fingerprint density at radius 2 is 2.24 bits per heavy atom. The second-order valence-corrected chi connectivity index (χ2v) is 6.29. The number of anilines is 1. The van der Waals surface area contributed by atoms with Crippen LogP contribution in [0, 0.1) is 0 Å². The van der Waals surface area contributed by atoms with Crippen molar-refractivity contribution in [2.45, 2.75) is 50.0 Å². The number of hydrogen-bond acceptors (Lipinski definition) is 4. The molecule has 3 N–H and O–H groups in total. The Bertz CT molecular complexity index is 504. The van der Waals surface area contributed by atoms with E-state index in [0.29, 0.717) is 6.04 Å². The second kappa shape index (κ2) is 7.59. The van der Waals surface area contributed by atoms with Gasteiger partial charge >= 0.3 is 0 Å². The minimum Gasteiger partial charge on any atom is -0.409 e. The zero-order chi connectivity index (χ0) is 15.2. The van der Waals surface area contributed by atoms with Crippen molar-refractivity contribution < 1.29 is 5.21 Å². The Kier molecular flexibility index (Phi) is 5.79. The summed E-state index contributed by atoms with van der Waals surface area (Å²) in [5, 5.41) is 12.4. The quantitative estimate of drug-likeness (QED) is 0.293. The maximum absolute atomic E-state index is 9.14. The number of rotatable bonds is 4. The molecule has 21 heavy (non-hydrogen) atoms. The SMILES string of the molecule is CCC1CCCCCN1c1cccc(SC)c1/C(N)=N/O. The summed E-state index contributed by atoms with van der Waals surface area (Å²) in [6.07, 6.45) is 8.14. The monoisotopic (exact) mass is 307 g/mol. The smallest absolute Gasteiger partial charge is 0.173 e. The summed E-state index contributed by atoms with van der Waals surface area (Å²) in [6.45, 7) is 3.28. The van der Waals surface area contributed by atoms with Gasteiger partial charge in [0.25, 0.3) is 0 Å². The first-order valence-electron chi connectivity index (χ1n) is 7.64. The van der Waals surface area contributed by atoms with Gasteiger partial charge in [-0.3, -0.25) is 0 Å². The average Bonchev–Trinajstić information content (AvgIpc) is 2.78. The Hall–Kier alpha value is -1.36. The summed E-state index contributed by atoms with van der Waals surface area (Å²) in [4.78, 5) is 3.52. The van der Waals surface area contributed by atoms with Crippen LogP contribution >= 0.6 is 11.8 Å². The first-order valence-corrected chi connectivity index (χ1v) is 8.87. The van der Waals surface area contributed by atoms with E-state index in [0.717, 1.165) is 29.1 Å². The highest BCUT2D eigenvalue weighted by molar-refractivity contribution is 7.98. The topological polar surface area (TPSA) is 61.8 Å². The van der Waals surface area contributed by atoms with E-state index in [1.54, 1.807) is 11.8 Å². The molecule has 0 aromatic heterocycles. The van der Waals surface area contributed by atoms with Crippen molar-refractivity contribution in [2.75, 3.05) is 17.7 Å². The molecular formula is C16H25N3OS. The molecule has 1 heterocycles. The molecule has 1 aliphatic rings. The molecule has 0 spiro atoms. The molecule has 1 atom stereocenters. The van der Waals surface area contributed by atoms with Gasteiger partial charge in [-0.15, -0.1) is 11.8 Å². The third kappa shape index (κ3) is 3.46. The molecular weight excluding hydrogens is 282 g/mol. The number of oxime groups is 1. The summed E-state index contributed by atoms with van der Waals surface area (Å²) < 4.78 is 0. The molecule has 1 fully saturated rings. The van der Waals surface area contributed by atoms with Crippen LogP contribution in [-0.2, 0) is 0 Å². The zero-order valence-electron chi connectivity index (χ0n) is 12.9. The van der Waals surface area contributed by atoms with Gasteiger partial charge in [-0.25, -0.2) is 0 Å². The van der Waals surface area contributed by atoms with Gasteiger partial charge in [0.15, 0.2) is 5.84 Å². The molecule has 5 heteroatoms. The standard InChI is InChI=1S/C16H25N3OS/c1-3-12-8-5-4-6-11-19(12)13-9-7-10-14(21-2)15(13)16(17)18-20/h7,9-10,12,20H,3-6,8,11H2,1-2H3,(H2,17,18). The van der Waals surface area contributed by atoms with Crippen LogP contribution in [0.2, 0.25) is 0 Å². The summed E-state index contributed by atoms with van der Waals surface area (Å²) in [6, 6.07) is 6.73. The minimum atomic E-state index is 0.203. The van der Waals surface area contributed by atoms with E-state index in [1.165, 1.54) is 25.7 Å². The van der Waals surface area contributed by atoms with Gasteiger partial charge in [-0.05, 0) is 37.7 Å². The normalized spacial score (nSPS) is 20.4. The van der Waals surface area contributed by atoms with Crippen LogP contribution in [0.3, 0.4) is 0 Å². The zero-order valence-corrected chi connectivity index (χ0v) is 13.7. The fourth-order valence-corrected chi connectivity index (χ4v) is 3.78. The fraction of sp³-hybridized carbons (Fsp3) is 0.562. The van der Waals surface area contributed by atoms with Gasteiger partial charge in [-0.2, -0.15) is 0 Å². The molecule has 1 saturated heterocycles. The molecule has 0 bridgehead atoms. The van der Waals surface area contributed by atoms with Crippen molar-refractivity contribution in [3.63, 3.8) is 0 Å². The summed E-state index contributed by atoms with van der Waals surface area (Å²) in [5.41, 5.74) is 7.94. The van der Waals surface area contributed by atoms with E-state index < -0.39 is 0 Å². The van der Waals surface area contributed by atoms with Gasteiger partial charge < -0.3 is 15.8 Å². The lowest BCUT2D eigenvalue weighted by atomic mass is 10.0. The molecule has 0 amide bonds.